The number of thioether (sulfide) groups is 1. The summed E-state index contributed by atoms with van der Waals surface area (Å²) in [5, 5.41) is 18.0. The first-order valence-electron chi connectivity index (χ1n) is 6.41. The van der Waals surface area contributed by atoms with E-state index in [0.29, 0.717) is 5.75 Å². The highest BCUT2D eigenvalue weighted by atomic mass is 32.2. The number of hydrogen-bond acceptors (Lipinski definition) is 8. The first kappa shape index (κ1) is 18.6. The van der Waals surface area contributed by atoms with Crippen LogP contribution in [0.15, 0.2) is 29.3 Å². The molecule has 10 heteroatoms. The Hall–Kier alpha value is -2.46. The largest absolute Gasteiger partial charge is 0.386 e. The molecule has 1 rings (SSSR count). The number of non-ortho nitro benzene ring substituents is 1. The molecule has 0 aromatic heterocycles. The molecule has 0 aliphatic carbocycles. The highest BCUT2D eigenvalue weighted by Gasteiger charge is 2.11. The maximum absolute atomic E-state index is 11.6. The van der Waals surface area contributed by atoms with Gasteiger partial charge in [-0.2, -0.15) is 4.99 Å². The van der Waals surface area contributed by atoms with Crippen LogP contribution in [0.3, 0.4) is 0 Å². The summed E-state index contributed by atoms with van der Waals surface area (Å²) in [4.78, 5) is 36.0. The number of nitrogens with one attached hydrogen (secondary N) is 1. The van der Waals surface area contributed by atoms with Crippen LogP contribution in [-0.2, 0) is 9.78 Å². The number of carbonyl (C=O) groups is 1. The molecule has 9 nitrogen and oxygen atoms in total. The van der Waals surface area contributed by atoms with E-state index in [1.807, 2.05) is 19.0 Å². The Kier molecular flexibility index (Phi) is 7.71. The van der Waals surface area contributed by atoms with Gasteiger partial charge in [0.25, 0.3) is 5.69 Å². The average molecular weight is 340 g/mol. The lowest BCUT2D eigenvalue weighted by Gasteiger charge is -2.07. The summed E-state index contributed by atoms with van der Waals surface area (Å²) in [7, 11) is 3.85. The molecule has 0 saturated heterocycles. The molecular formula is C13H16N4O5S. The number of hydrogen-bond donors (Lipinski definition) is 1. The van der Waals surface area contributed by atoms with E-state index in [2.05, 4.69) is 14.8 Å². The van der Waals surface area contributed by atoms with Crippen molar-refractivity contribution in [3.63, 3.8) is 0 Å². The Morgan fingerprint density at radius 2 is 2.09 bits per heavy atom. The lowest BCUT2D eigenvalue weighted by Crippen LogP contribution is -2.15. The third-order valence-corrected chi connectivity index (χ3v) is 3.19. The first-order chi connectivity index (χ1) is 10.9. The summed E-state index contributed by atoms with van der Waals surface area (Å²) < 4.78 is 0. The van der Waals surface area contributed by atoms with Crippen LogP contribution in [0, 0.1) is 15.5 Å². The highest BCUT2D eigenvalue weighted by molar-refractivity contribution is 8.13. The molecule has 1 aromatic rings. The van der Waals surface area contributed by atoms with Gasteiger partial charge in [0.1, 0.15) is 0 Å². The van der Waals surface area contributed by atoms with E-state index in [1.165, 1.54) is 36.0 Å². The van der Waals surface area contributed by atoms with Gasteiger partial charge in [0, 0.05) is 24.4 Å². The molecule has 23 heavy (non-hydrogen) atoms. The Labute approximate surface area is 136 Å². The van der Waals surface area contributed by atoms with Gasteiger partial charge in [0.2, 0.25) is 6.40 Å². The SMILES string of the molecule is CN(C)CCSC(=N)/N=C/OOC(=O)c1ccc([N+](=O)[O-])cc1. The minimum atomic E-state index is -0.821. The van der Waals surface area contributed by atoms with Gasteiger partial charge in [0.15, 0.2) is 5.17 Å². The number of nitro groups is 1. The van der Waals surface area contributed by atoms with Crippen LogP contribution >= 0.6 is 11.8 Å². The predicted molar refractivity (Wildman–Crippen MR) is 86.8 cm³/mol. The van der Waals surface area contributed by atoms with Crippen LogP contribution in [0.1, 0.15) is 10.4 Å². The van der Waals surface area contributed by atoms with Gasteiger partial charge in [-0.3, -0.25) is 20.4 Å². The van der Waals surface area contributed by atoms with Crippen LogP contribution in [0.2, 0.25) is 0 Å². The predicted octanol–water partition coefficient (Wildman–Crippen LogP) is 1.94. The Morgan fingerprint density at radius 3 is 2.65 bits per heavy atom. The molecule has 0 bridgehead atoms. The fourth-order valence-corrected chi connectivity index (χ4v) is 2.03. The van der Waals surface area contributed by atoms with E-state index in [0.717, 1.165) is 12.9 Å². The van der Waals surface area contributed by atoms with E-state index in [1.54, 1.807) is 0 Å². The fraction of sp³-hybridized carbons (Fsp3) is 0.308. The minimum Gasteiger partial charge on any atom is -0.309 e. The van der Waals surface area contributed by atoms with Gasteiger partial charge in [-0.05, 0) is 26.2 Å². The molecule has 0 spiro atoms. The normalized spacial score (nSPS) is 10.7. The monoisotopic (exact) mass is 340 g/mol. The molecule has 0 fully saturated rings. The van der Waals surface area contributed by atoms with E-state index in [9.17, 15) is 14.9 Å². The molecule has 1 aromatic carbocycles. The summed E-state index contributed by atoms with van der Waals surface area (Å²) in [6, 6.07) is 4.86. The van der Waals surface area contributed by atoms with Crippen LogP contribution in [0.4, 0.5) is 5.69 Å². The van der Waals surface area contributed by atoms with Crippen molar-refractivity contribution in [3.05, 3.63) is 39.9 Å². The number of benzene rings is 1. The van der Waals surface area contributed by atoms with Crippen molar-refractivity contribution in [1.29, 1.82) is 5.41 Å². The Morgan fingerprint density at radius 1 is 1.43 bits per heavy atom. The van der Waals surface area contributed by atoms with Crippen LogP contribution in [0.5, 0.6) is 0 Å². The van der Waals surface area contributed by atoms with Crippen molar-refractivity contribution in [3.8, 4) is 0 Å². The number of amidine groups is 1. The summed E-state index contributed by atoms with van der Waals surface area (Å²) >= 11 is 1.22. The quantitative estimate of drug-likeness (QED) is 0.265. The molecule has 0 aliphatic rings. The van der Waals surface area contributed by atoms with E-state index in [4.69, 9.17) is 5.41 Å². The maximum Gasteiger partial charge on any atom is 0.386 e. The molecule has 0 amide bonds. The molecule has 0 atom stereocenters. The average Bonchev–Trinajstić information content (AvgIpc) is 2.51. The molecule has 1 N–H and O–H groups in total. The number of nitro benzene ring substituents is 1. The lowest BCUT2D eigenvalue weighted by atomic mass is 10.2. The standard InChI is InChI=1S/C13H16N4O5S/c1-16(2)7-8-23-13(14)15-9-21-22-12(18)10-3-5-11(6-4-10)17(19)20/h3-6,9,14H,7-8H2,1-2H3/b14-13?,15-9+. The zero-order chi connectivity index (χ0) is 17.2. The second kappa shape index (κ2) is 9.54. The topological polar surface area (TPSA) is 118 Å². The Bertz CT molecular complexity index is 589. The van der Waals surface area contributed by atoms with E-state index in [-0.39, 0.29) is 16.4 Å². The highest BCUT2D eigenvalue weighted by Crippen LogP contribution is 2.12. The van der Waals surface area contributed by atoms with Crippen LogP contribution < -0.4 is 0 Å². The zero-order valence-corrected chi connectivity index (χ0v) is 13.4. The molecular weight excluding hydrogens is 324 g/mol. The van der Waals surface area contributed by atoms with Gasteiger partial charge in [0.05, 0.1) is 10.5 Å². The summed E-state index contributed by atoms with van der Waals surface area (Å²) in [6.45, 7) is 0.804. The van der Waals surface area contributed by atoms with Gasteiger partial charge < -0.3 is 4.90 Å². The smallest absolute Gasteiger partial charge is 0.309 e. The van der Waals surface area contributed by atoms with Gasteiger partial charge in [-0.1, -0.05) is 11.8 Å². The lowest BCUT2D eigenvalue weighted by molar-refractivity contribution is -0.384. The van der Waals surface area contributed by atoms with Crippen LogP contribution in [-0.4, -0.2) is 53.8 Å². The summed E-state index contributed by atoms with van der Waals surface area (Å²) in [6.07, 6.45) is 0.842. The summed E-state index contributed by atoms with van der Waals surface area (Å²) in [5.74, 6) is -0.121. The van der Waals surface area contributed by atoms with Crippen molar-refractivity contribution in [2.75, 3.05) is 26.4 Å². The van der Waals surface area contributed by atoms with E-state index >= 15 is 0 Å². The van der Waals surface area contributed by atoms with Crippen molar-refractivity contribution in [2.45, 2.75) is 0 Å². The first-order valence-corrected chi connectivity index (χ1v) is 7.39. The number of carbonyl (C=O) groups excluding carboxylic acids is 1. The number of rotatable bonds is 7. The molecule has 0 unspecified atom stereocenters. The Balaban J connectivity index is 2.34. The molecule has 124 valence electrons. The van der Waals surface area contributed by atoms with Crippen molar-refractivity contribution < 1.29 is 19.5 Å². The molecule has 0 heterocycles. The number of nitrogens with zero attached hydrogens (tertiary/aromatic N) is 3. The van der Waals surface area contributed by atoms with E-state index < -0.39 is 10.9 Å². The number of aliphatic imine (C=N–C) groups is 1. The van der Waals surface area contributed by atoms with Gasteiger partial charge in [-0.25, -0.2) is 9.68 Å². The third kappa shape index (κ3) is 7.38. The van der Waals surface area contributed by atoms with Crippen molar-refractivity contribution in [2.24, 2.45) is 4.99 Å². The minimum absolute atomic E-state index is 0.0261. The van der Waals surface area contributed by atoms with Crippen molar-refractivity contribution >= 4 is 35.0 Å². The molecule has 0 saturated carbocycles. The third-order valence-electron chi connectivity index (χ3n) is 2.43. The van der Waals surface area contributed by atoms with Crippen molar-refractivity contribution in [1.82, 2.24) is 4.90 Å². The van der Waals surface area contributed by atoms with Gasteiger partial charge >= 0.3 is 5.97 Å². The van der Waals surface area contributed by atoms with Crippen LogP contribution in [0.25, 0.3) is 0 Å². The maximum atomic E-state index is 11.6. The summed E-state index contributed by atoms with van der Waals surface area (Å²) in [5.41, 5.74) is -0.0355. The molecule has 0 radical (unpaired) electrons. The second-order valence-electron chi connectivity index (χ2n) is 4.46. The zero-order valence-electron chi connectivity index (χ0n) is 12.6. The van der Waals surface area contributed by atoms with Gasteiger partial charge in [-0.15, -0.1) is 0 Å². The second-order valence-corrected chi connectivity index (χ2v) is 5.55. The fourth-order valence-electron chi connectivity index (χ4n) is 1.26. The molecule has 0 aliphatic heterocycles.